The van der Waals surface area contributed by atoms with E-state index in [1.165, 1.54) is 5.56 Å². The van der Waals surface area contributed by atoms with Crippen molar-refractivity contribution in [3.8, 4) is 0 Å². The molecule has 1 aliphatic heterocycles. The quantitative estimate of drug-likeness (QED) is 0.764. The molecule has 1 unspecified atom stereocenters. The molecule has 1 atom stereocenters. The van der Waals surface area contributed by atoms with Crippen LogP contribution in [0.15, 0.2) is 36.8 Å². The van der Waals surface area contributed by atoms with E-state index in [4.69, 9.17) is 0 Å². The van der Waals surface area contributed by atoms with Crippen LogP contribution in [-0.4, -0.2) is 22.4 Å². The first-order chi connectivity index (χ1) is 9.34. The molecule has 1 aromatic heterocycles. The van der Waals surface area contributed by atoms with E-state index in [-0.39, 0.29) is 11.8 Å². The third-order valence-corrected chi connectivity index (χ3v) is 3.42. The predicted molar refractivity (Wildman–Crippen MR) is 71.3 cm³/mol. The van der Waals surface area contributed by atoms with Crippen molar-refractivity contribution < 1.29 is 4.79 Å². The minimum atomic E-state index is -0.118. The molecular formula is C14H16N4O. The number of H-pyrrole nitrogens is 1. The summed E-state index contributed by atoms with van der Waals surface area (Å²) in [4.78, 5) is 19.2. The number of nitrogens with zero attached hydrogens (tertiary/aromatic N) is 1. The van der Waals surface area contributed by atoms with Crippen LogP contribution < -0.4 is 10.6 Å². The van der Waals surface area contributed by atoms with Crippen molar-refractivity contribution in [1.82, 2.24) is 20.6 Å². The van der Waals surface area contributed by atoms with E-state index in [2.05, 4.69) is 26.7 Å². The van der Waals surface area contributed by atoms with Crippen molar-refractivity contribution >= 4 is 5.91 Å². The van der Waals surface area contributed by atoms with Gasteiger partial charge in [-0.1, -0.05) is 24.3 Å². The predicted octanol–water partition coefficient (Wildman–Crippen LogP) is 0.913. The van der Waals surface area contributed by atoms with E-state index >= 15 is 0 Å². The van der Waals surface area contributed by atoms with Crippen molar-refractivity contribution in [2.75, 3.05) is 6.54 Å². The maximum atomic E-state index is 12.3. The molecule has 98 valence electrons. The van der Waals surface area contributed by atoms with Gasteiger partial charge >= 0.3 is 0 Å². The van der Waals surface area contributed by atoms with Gasteiger partial charge in [-0.2, -0.15) is 0 Å². The van der Waals surface area contributed by atoms with Gasteiger partial charge in [0.05, 0.1) is 24.5 Å². The Morgan fingerprint density at radius 3 is 3.16 bits per heavy atom. The molecule has 5 heteroatoms. The van der Waals surface area contributed by atoms with E-state index in [0.29, 0.717) is 13.1 Å². The summed E-state index contributed by atoms with van der Waals surface area (Å²) in [6.07, 6.45) is 3.33. The minimum absolute atomic E-state index is 0.0502. The number of aromatic nitrogens is 2. The first-order valence-electron chi connectivity index (χ1n) is 6.38. The molecular weight excluding hydrogens is 240 g/mol. The Kier molecular flexibility index (Phi) is 3.29. The second-order valence-corrected chi connectivity index (χ2v) is 4.68. The molecule has 0 saturated heterocycles. The second kappa shape index (κ2) is 5.24. The molecule has 3 N–H and O–H groups in total. The van der Waals surface area contributed by atoms with Crippen LogP contribution in [0, 0.1) is 0 Å². The molecule has 2 heterocycles. The summed E-state index contributed by atoms with van der Waals surface area (Å²) in [5.41, 5.74) is 3.24. The molecule has 2 aromatic rings. The van der Waals surface area contributed by atoms with Crippen LogP contribution in [0.5, 0.6) is 0 Å². The summed E-state index contributed by atoms with van der Waals surface area (Å²) in [5.74, 6) is -0.0675. The summed E-state index contributed by atoms with van der Waals surface area (Å²) in [5, 5.41) is 6.23. The Hall–Kier alpha value is -2.14. The van der Waals surface area contributed by atoms with Gasteiger partial charge in [0.15, 0.2) is 0 Å². The lowest BCUT2D eigenvalue weighted by atomic mass is 9.90. The van der Waals surface area contributed by atoms with Crippen LogP contribution >= 0.6 is 0 Å². The molecule has 5 nitrogen and oxygen atoms in total. The highest BCUT2D eigenvalue weighted by molar-refractivity contribution is 5.84. The smallest absolute Gasteiger partial charge is 0.229 e. The Morgan fingerprint density at radius 1 is 1.42 bits per heavy atom. The number of hydrogen-bond acceptors (Lipinski definition) is 3. The fraction of sp³-hybridized carbons (Fsp3) is 0.286. The lowest BCUT2D eigenvalue weighted by Crippen LogP contribution is -2.38. The lowest BCUT2D eigenvalue weighted by Gasteiger charge is -2.25. The summed E-state index contributed by atoms with van der Waals surface area (Å²) in [6.45, 7) is 2.00. The van der Waals surface area contributed by atoms with Gasteiger partial charge in [-0.3, -0.25) is 4.79 Å². The highest BCUT2D eigenvalue weighted by Crippen LogP contribution is 2.23. The number of imidazole rings is 1. The summed E-state index contributed by atoms with van der Waals surface area (Å²) >= 11 is 0. The van der Waals surface area contributed by atoms with E-state index in [1.807, 2.05) is 18.2 Å². The van der Waals surface area contributed by atoms with Gasteiger partial charge in [-0.25, -0.2) is 4.98 Å². The monoisotopic (exact) mass is 256 g/mol. The average Bonchev–Trinajstić information content (AvgIpc) is 2.97. The number of hydrogen-bond donors (Lipinski definition) is 3. The molecule has 0 bridgehead atoms. The Balaban J connectivity index is 1.71. The maximum absolute atomic E-state index is 12.3. The van der Waals surface area contributed by atoms with Gasteiger partial charge in [-0.15, -0.1) is 0 Å². The van der Waals surface area contributed by atoms with E-state index in [0.717, 1.165) is 17.8 Å². The van der Waals surface area contributed by atoms with Crippen LogP contribution in [-0.2, 0) is 17.9 Å². The van der Waals surface area contributed by atoms with Crippen molar-refractivity contribution in [2.45, 2.75) is 19.0 Å². The summed E-state index contributed by atoms with van der Waals surface area (Å²) < 4.78 is 0. The van der Waals surface area contributed by atoms with E-state index < -0.39 is 0 Å². The van der Waals surface area contributed by atoms with Crippen molar-refractivity contribution in [1.29, 1.82) is 0 Å². The number of nitrogens with one attached hydrogen (secondary N) is 3. The zero-order valence-corrected chi connectivity index (χ0v) is 10.5. The van der Waals surface area contributed by atoms with Crippen molar-refractivity contribution in [2.24, 2.45) is 0 Å². The summed E-state index contributed by atoms with van der Waals surface area (Å²) in [6, 6.07) is 8.10. The SMILES string of the molecule is O=C(NCc1cnc[nH]1)C1CNCc2ccccc21. The number of carbonyl (C=O) groups excluding carboxylic acids is 1. The summed E-state index contributed by atoms with van der Waals surface area (Å²) in [7, 11) is 0. The zero-order chi connectivity index (χ0) is 13.1. The molecule has 0 spiro atoms. The first-order valence-corrected chi connectivity index (χ1v) is 6.38. The molecule has 0 saturated carbocycles. The zero-order valence-electron chi connectivity index (χ0n) is 10.5. The molecule has 3 rings (SSSR count). The number of benzene rings is 1. The number of amides is 1. The molecule has 0 radical (unpaired) electrons. The normalized spacial score (nSPS) is 17.8. The third kappa shape index (κ3) is 2.51. The lowest BCUT2D eigenvalue weighted by molar-refractivity contribution is -0.122. The molecule has 1 aromatic carbocycles. The van der Waals surface area contributed by atoms with Crippen LogP contribution in [0.1, 0.15) is 22.7 Å². The number of rotatable bonds is 3. The van der Waals surface area contributed by atoms with Crippen LogP contribution in [0.3, 0.4) is 0 Å². The highest BCUT2D eigenvalue weighted by atomic mass is 16.1. The Labute approximate surface area is 111 Å². The van der Waals surface area contributed by atoms with Gasteiger partial charge in [-0.05, 0) is 11.1 Å². The van der Waals surface area contributed by atoms with Gasteiger partial charge in [0.25, 0.3) is 0 Å². The molecule has 1 amide bonds. The number of aromatic amines is 1. The van der Waals surface area contributed by atoms with Gasteiger partial charge in [0.2, 0.25) is 5.91 Å². The van der Waals surface area contributed by atoms with Gasteiger partial charge in [0.1, 0.15) is 0 Å². The molecule has 0 aliphatic carbocycles. The van der Waals surface area contributed by atoms with Crippen LogP contribution in [0.2, 0.25) is 0 Å². The fourth-order valence-electron chi connectivity index (χ4n) is 2.42. The topological polar surface area (TPSA) is 69.8 Å². The first kappa shape index (κ1) is 11.9. The van der Waals surface area contributed by atoms with E-state index in [9.17, 15) is 4.79 Å². The number of fused-ring (bicyclic) bond motifs is 1. The molecule has 0 fully saturated rings. The highest BCUT2D eigenvalue weighted by Gasteiger charge is 2.25. The molecule has 1 aliphatic rings. The minimum Gasteiger partial charge on any atom is -0.350 e. The van der Waals surface area contributed by atoms with E-state index in [1.54, 1.807) is 12.5 Å². The Bertz CT molecular complexity index is 565. The van der Waals surface area contributed by atoms with Crippen LogP contribution in [0.4, 0.5) is 0 Å². The largest absolute Gasteiger partial charge is 0.350 e. The van der Waals surface area contributed by atoms with Crippen LogP contribution in [0.25, 0.3) is 0 Å². The second-order valence-electron chi connectivity index (χ2n) is 4.68. The standard InChI is InChI=1S/C14H16N4O/c19-14(17-7-11-6-16-9-18-11)13-8-15-5-10-3-1-2-4-12(10)13/h1-4,6,9,13,15H,5,7-8H2,(H,16,18)(H,17,19). The number of carbonyl (C=O) groups is 1. The van der Waals surface area contributed by atoms with Crippen molar-refractivity contribution in [3.63, 3.8) is 0 Å². The average molecular weight is 256 g/mol. The van der Waals surface area contributed by atoms with Gasteiger partial charge < -0.3 is 15.6 Å². The van der Waals surface area contributed by atoms with Crippen molar-refractivity contribution in [3.05, 3.63) is 53.6 Å². The maximum Gasteiger partial charge on any atom is 0.229 e. The van der Waals surface area contributed by atoms with Gasteiger partial charge in [0, 0.05) is 19.3 Å². The third-order valence-electron chi connectivity index (χ3n) is 3.42. The molecule has 19 heavy (non-hydrogen) atoms. The fourth-order valence-corrected chi connectivity index (χ4v) is 2.42. The Morgan fingerprint density at radius 2 is 2.32 bits per heavy atom.